The van der Waals surface area contributed by atoms with Crippen molar-refractivity contribution < 1.29 is 4.74 Å². The molecule has 0 saturated carbocycles. The Labute approximate surface area is 128 Å². The first kappa shape index (κ1) is 13.9. The van der Waals surface area contributed by atoms with E-state index in [9.17, 15) is 0 Å². The third-order valence-corrected chi connectivity index (χ3v) is 5.32. The molecule has 0 aliphatic carbocycles. The summed E-state index contributed by atoms with van der Waals surface area (Å²) in [6, 6.07) is 10.6. The first-order valence-corrected chi connectivity index (χ1v) is 8.12. The number of ether oxygens (including phenoxy) is 1. The fourth-order valence-corrected chi connectivity index (χ4v) is 3.82. The Balaban J connectivity index is 1.92. The smallest absolute Gasteiger partial charge is 0.135 e. The fourth-order valence-electron chi connectivity index (χ4n) is 2.65. The van der Waals surface area contributed by atoms with Crippen LogP contribution in [0.3, 0.4) is 0 Å². The van der Waals surface area contributed by atoms with Crippen LogP contribution in [0.5, 0.6) is 5.75 Å². The fraction of sp³-hybridized carbons (Fsp3) is 0.375. The summed E-state index contributed by atoms with van der Waals surface area (Å²) >= 11 is 7.94. The molecule has 2 aromatic rings. The zero-order valence-corrected chi connectivity index (χ0v) is 13.2. The van der Waals surface area contributed by atoms with Crippen LogP contribution in [0.15, 0.2) is 30.3 Å². The molecule has 106 valence electrons. The zero-order valence-electron chi connectivity index (χ0n) is 11.7. The van der Waals surface area contributed by atoms with Crippen LogP contribution in [-0.4, -0.2) is 7.05 Å². The summed E-state index contributed by atoms with van der Waals surface area (Å²) in [5.74, 6) is 0.941. The van der Waals surface area contributed by atoms with Gasteiger partial charge in [-0.15, -0.1) is 11.3 Å². The van der Waals surface area contributed by atoms with Gasteiger partial charge in [0.15, 0.2) is 0 Å². The summed E-state index contributed by atoms with van der Waals surface area (Å²) in [6.07, 6.45) is 2.15. The van der Waals surface area contributed by atoms with Crippen LogP contribution in [0.4, 0.5) is 0 Å². The van der Waals surface area contributed by atoms with E-state index in [2.05, 4.69) is 24.4 Å². The number of nitrogens with one attached hydrogen (secondary N) is 1. The Morgan fingerprint density at radius 3 is 2.90 bits per heavy atom. The second-order valence-corrected chi connectivity index (χ2v) is 6.66. The lowest BCUT2D eigenvalue weighted by molar-refractivity contribution is 0.157. The Morgan fingerprint density at radius 1 is 1.35 bits per heavy atom. The number of aryl methyl sites for hydroxylation is 1. The average Bonchev–Trinajstić information content (AvgIpc) is 2.95. The topological polar surface area (TPSA) is 21.3 Å². The maximum atomic E-state index is 6.17. The maximum absolute atomic E-state index is 6.17. The Hall–Kier alpha value is -1.03. The molecule has 0 saturated heterocycles. The van der Waals surface area contributed by atoms with Crippen LogP contribution < -0.4 is 10.1 Å². The van der Waals surface area contributed by atoms with E-state index in [0.717, 1.165) is 29.2 Å². The first-order chi connectivity index (χ1) is 9.71. The number of hydrogen-bond acceptors (Lipinski definition) is 3. The number of rotatable bonds is 3. The molecule has 2 heterocycles. The molecule has 4 heteroatoms. The van der Waals surface area contributed by atoms with Gasteiger partial charge in [0, 0.05) is 32.8 Å². The average molecular weight is 308 g/mol. The molecule has 0 radical (unpaired) electrons. The highest BCUT2D eigenvalue weighted by atomic mass is 35.5. The summed E-state index contributed by atoms with van der Waals surface area (Å²) < 4.78 is 6.17. The third kappa shape index (κ3) is 2.58. The van der Waals surface area contributed by atoms with Crippen LogP contribution in [0, 0.1) is 0 Å². The van der Waals surface area contributed by atoms with Gasteiger partial charge in [0.2, 0.25) is 0 Å². The molecule has 1 aliphatic heterocycles. The monoisotopic (exact) mass is 307 g/mol. The number of halogens is 1. The van der Waals surface area contributed by atoms with E-state index in [-0.39, 0.29) is 12.1 Å². The van der Waals surface area contributed by atoms with E-state index in [1.54, 1.807) is 0 Å². The standard InChI is InChI=1S/C16H18ClNOS/c1-3-11-5-7-16(20-11)15-9-13(18-2)12-8-10(17)4-6-14(12)19-15/h4-8,13,15,18H,3,9H2,1-2H3. The lowest BCUT2D eigenvalue weighted by Crippen LogP contribution is -2.26. The van der Waals surface area contributed by atoms with E-state index in [0.29, 0.717) is 0 Å². The van der Waals surface area contributed by atoms with E-state index in [4.69, 9.17) is 16.3 Å². The van der Waals surface area contributed by atoms with Crippen molar-refractivity contribution >= 4 is 22.9 Å². The van der Waals surface area contributed by atoms with Gasteiger partial charge in [-0.3, -0.25) is 0 Å². The van der Waals surface area contributed by atoms with E-state index in [1.807, 2.05) is 36.6 Å². The summed E-state index contributed by atoms with van der Waals surface area (Å²) in [5.41, 5.74) is 1.16. The molecule has 1 aliphatic rings. The molecule has 2 nitrogen and oxygen atoms in total. The summed E-state index contributed by atoms with van der Waals surface area (Å²) in [7, 11) is 1.99. The molecule has 1 aromatic carbocycles. The predicted molar refractivity (Wildman–Crippen MR) is 84.9 cm³/mol. The minimum absolute atomic E-state index is 0.131. The van der Waals surface area contributed by atoms with Crippen LogP contribution >= 0.6 is 22.9 Å². The zero-order chi connectivity index (χ0) is 14.1. The van der Waals surface area contributed by atoms with Gasteiger partial charge in [-0.1, -0.05) is 18.5 Å². The molecule has 1 aromatic heterocycles. The second-order valence-electron chi connectivity index (χ2n) is 5.02. The SMILES string of the molecule is CCc1ccc(C2CC(NC)c3cc(Cl)ccc3O2)s1. The Bertz CT molecular complexity index is 610. The summed E-state index contributed by atoms with van der Waals surface area (Å²) in [6.45, 7) is 2.19. The highest BCUT2D eigenvalue weighted by Crippen LogP contribution is 2.43. The van der Waals surface area contributed by atoms with E-state index < -0.39 is 0 Å². The van der Waals surface area contributed by atoms with Crippen LogP contribution in [0.2, 0.25) is 5.02 Å². The van der Waals surface area contributed by atoms with Crippen LogP contribution in [0.1, 0.15) is 40.8 Å². The minimum atomic E-state index is 0.131. The number of benzene rings is 1. The summed E-state index contributed by atoms with van der Waals surface area (Å²) in [5, 5.41) is 4.13. The second kappa shape index (κ2) is 5.76. The molecular formula is C16H18ClNOS. The van der Waals surface area contributed by atoms with Gasteiger partial charge in [-0.05, 0) is 43.8 Å². The van der Waals surface area contributed by atoms with Crippen molar-refractivity contribution in [3.8, 4) is 5.75 Å². The highest BCUT2D eigenvalue weighted by molar-refractivity contribution is 7.12. The molecule has 20 heavy (non-hydrogen) atoms. The predicted octanol–water partition coefficient (Wildman–Crippen LogP) is 4.75. The molecular weight excluding hydrogens is 290 g/mol. The summed E-state index contributed by atoms with van der Waals surface area (Å²) in [4.78, 5) is 2.72. The lowest BCUT2D eigenvalue weighted by Gasteiger charge is -2.31. The third-order valence-electron chi connectivity index (χ3n) is 3.76. The normalized spacial score (nSPS) is 21.4. The molecule has 0 spiro atoms. The Kier molecular flexibility index (Phi) is 4.01. The van der Waals surface area contributed by atoms with Gasteiger partial charge >= 0.3 is 0 Å². The van der Waals surface area contributed by atoms with Gasteiger partial charge in [-0.2, -0.15) is 0 Å². The van der Waals surface area contributed by atoms with Crippen molar-refractivity contribution in [3.05, 3.63) is 50.7 Å². The van der Waals surface area contributed by atoms with E-state index in [1.165, 1.54) is 9.75 Å². The molecule has 0 fully saturated rings. The van der Waals surface area contributed by atoms with Crippen LogP contribution in [-0.2, 0) is 6.42 Å². The lowest BCUT2D eigenvalue weighted by atomic mass is 9.96. The maximum Gasteiger partial charge on any atom is 0.135 e. The number of hydrogen-bond donors (Lipinski definition) is 1. The number of fused-ring (bicyclic) bond motifs is 1. The molecule has 0 bridgehead atoms. The quantitative estimate of drug-likeness (QED) is 0.883. The minimum Gasteiger partial charge on any atom is -0.484 e. The van der Waals surface area contributed by atoms with Gasteiger partial charge in [0.25, 0.3) is 0 Å². The molecule has 3 rings (SSSR count). The van der Waals surface area contributed by atoms with Crippen molar-refractivity contribution in [2.24, 2.45) is 0 Å². The molecule has 1 N–H and O–H groups in total. The number of thiophene rings is 1. The Morgan fingerprint density at radius 2 is 2.20 bits per heavy atom. The van der Waals surface area contributed by atoms with Gasteiger partial charge in [-0.25, -0.2) is 0 Å². The molecule has 0 amide bonds. The first-order valence-electron chi connectivity index (χ1n) is 6.93. The largest absolute Gasteiger partial charge is 0.484 e. The van der Waals surface area contributed by atoms with Crippen molar-refractivity contribution in [1.82, 2.24) is 5.32 Å². The van der Waals surface area contributed by atoms with Gasteiger partial charge in [0.1, 0.15) is 11.9 Å². The van der Waals surface area contributed by atoms with Crippen LogP contribution in [0.25, 0.3) is 0 Å². The molecule has 2 atom stereocenters. The van der Waals surface area contributed by atoms with Gasteiger partial charge < -0.3 is 10.1 Å². The molecule has 2 unspecified atom stereocenters. The van der Waals surface area contributed by atoms with E-state index >= 15 is 0 Å². The highest BCUT2D eigenvalue weighted by Gasteiger charge is 2.29. The van der Waals surface area contributed by atoms with Gasteiger partial charge in [0.05, 0.1) is 0 Å². The van der Waals surface area contributed by atoms with Crippen molar-refractivity contribution in [2.45, 2.75) is 31.9 Å². The van der Waals surface area contributed by atoms with Crippen molar-refractivity contribution in [2.75, 3.05) is 7.05 Å². The van der Waals surface area contributed by atoms with Crippen molar-refractivity contribution in [3.63, 3.8) is 0 Å². The van der Waals surface area contributed by atoms with Crippen molar-refractivity contribution in [1.29, 1.82) is 0 Å².